The number of hydrogen-bond donors (Lipinski definition) is 2. The fraction of sp³-hybridized carbons (Fsp3) is 0.385. The maximum Gasteiger partial charge on any atom is 0.416 e. The lowest BCUT2D eigenvalue weighted by atomic mass is 10.1. The number of rotatable bonds is 1. The van der Waals surface area contributed by atoms with Crippen molar-refractivity contribution in [1.29, 1.82) is 0 Å². The van der Waals surface area contributed by atoms with E-state index in [9.17, 15) is 18.0 Å². The van der Waals surface area contributed by atoms with E-state index in [4.69, 9.17) is 12.2 Å². The van der Waals surface area contributed by atoms with Gasteiger partial charge >= 0.3 is 12.2 Å². The molecular formula is C13H14F3N3OS. The summed E-state index contributed by atoms with van der Waals surface area (Å²) in [5.41, 5.74) is -0.810. The lowest BCUT2D eigenvalue weighted by Gasteiger charge is -2.18. The van der Waals surface area contributed by atoms with E-state index >= 15 is 0 Å². The van der Waals surface area contributed by atoms with Crippen LogP contribution in [0.1, 0.15) is 19.4 Å². The Morgan fingerprint density at radius 1 is 1.33 bits per heavy atom. The molecule has 0 bridgehead atoms. The fourth-order valence-corrected chi connectivity index (χ4v) is 2.38. The van der Waals surface area contributed by atoms with Gasteiger partial charge in [0.25, 0.3) is 0 Å². The highest BCUT2D eigenvalue weighted by Crippen LogP contribution is 2.29. The van der Waals surface area contributed by atoms with Gasteiger partial charge in [-0.3, -0.25) is 4.90 Å². The third-order valence-corrected chi connectivity index (χ3v) is 3.27. The molecule has 2 rings (SSSR count). The summed E-state index contributed by atoms with van der Waals surface area (Å²) in [5, 5.41) is 5.81. The normalized spacial score (nSPS) is 17.6. The highest BCUT2D eigenvalue weighted by atomic mass is 32.1. The number of urea groups is 1. The van der Waals surface area contributed by atoms with Crippen LogP contribution in [0.15, 0.2) is 24.3 Å². The maximum absolute atomic E-state index is 12.4. The SMILES string of the molecule is CC1(C)CN(C(=O)Nc2ccc(C(F)(F)F)cc2)C(=S)N1. The van der Waals surface area contributed by atoms with Gasteiger partial charge in [-0.15, -0.1) is 0 Å². The molecule has 2 N–H and O–H groups in total. The Bertz CT molecular complexity index is 569. The average Bonchev–Trinajstić information content (AvgIpc) is 2.62. The van der Waals surface area contributed by atoms with Gasteiger partial charge in [-0.2, -0.15) is 13.2 Å². The maximum atomic E-state index is 12.4. The van der Waals surface area contributed by atoms with Crippen molar-refractivity contribution >= 4 is 29.0 Å². The predicted molar refractivity (Wildman–Crippen MR) is 77.0 cm³/mol. The first-order valence-electron chi connectivity index (χ1n) is 6.16. The van der Waals surface area contributed by atoms with E-state index in [-0.39, 0.29) is 11.2 Å². The highest BCUT2D eigenvalue weighted by Gasteiger charge is 2.36. The van der Waals surface area contributed by atoms with Crippen LogP contribution in [0.4, 0.5) is 23.7 Å². The molecule has 0 aromatic heterocycles. The minimum atomic E-state index is -4.40. The first-order valence-corrected chi connectivity index (χ1v) is 6.57. The summed E-state index contributed by atoms with van der Waals surface area (Å²) in [6.07, 6.45) is -4.40. The molecule has 0 radical (unpaired) electrons. The number of amides is 2. The number of nitrogens with one attached hydrogen (secondary N) is 2. The quantitative estimate of drug-likeness (QED) is 0.782. The number of alkyl halides is 3. The van der Waals surface area contributed by atoms with Crippen molar-refractivity contribution in [3.05, 3.63) is 29.8 Å². The molecule has 1 aromatic rings. The number of benzene rings is 1. The molecule has 0 unspecified atom stereocenters. The minimum absolute atomic E-state index is 0.278. The number of carbonyl (C=O) groups is 1. The fourth-order valence-electron chi connectivity index (χ4n) is 1.96. The highest BCUT2D eigenvalue weighted by molar-refractivity contribution is 7.80. The van der Waals surface area contributed by atoms with Crippen LogP contribution >= 0.6 is 12.2 Å². The zero-order chi connectivity index (χ0) is 15.8. The van der Waals surface area contributed by atoms with E-state index in [1.165, 1.54) is 17.0 Å². The van der Waals surface area contributed by atoms with Crippen LogP contribution in [0.5, 0.6) is 0 Å². The van der Waals surface area contributed by atoms with Gasteiger partial charge in [-0.25, -0.2) is 4.79 Å². The number of halogens is 3. The molecule has 1 fully saturated rings. The zero-order valence-corrected chi connectivity index (χ0v) is 12.2. The summed E-state index contributed by atoms with van der Waals surface area (Å²) >= 11 is 5.06. The van der Waals surface area contributed by atoms with E-state index in [0.717, 1.165) is 12.1 Å². The van der Waals surface area contributed by atoms with Crippen molar-refractivity contribution < 1.29 is 18.0 Å². The summed E-state index contributed by atoms with van der Waals surface area (Å²) in [6.45, 7) is 4.17. The predicted octanol–water partition coefficient (Wildman–Crippen LogP) is 3.21. The van der Waals surface area contributed by atoms with Crippen LogP contribution in [-0.4, -0.2) is 28.1 Å². The summed E-state index contributed by atoms with van der Waals surface area (Å²) in [7, 11) is 0. The van der Waals surface area contributed by atoms with E-state index in [1.807, 2.05) is 13.8 Å². The first kappa shape index (κ1) is 15.6. The third kappa shape index (κ3) is 3.63. The monoisotopic (exact) mass is 317 g/mol. The standard InChI is InChI=1S/C13H14F3N3OS/c1-12(2)7-19(11(21)18-12)10(20)17-9-5-3-8(4-6-9)13(14,15)16/h3-6H,7H2,1-2H3,(H,17,20)(H,18,21). The number of nitrogens with zero attached hydrogens (tertiary/aromatic N) is 1. The van der Waals surface area contributed by atoms with Crippen molar-refractivity contribution in [3.63, 3.8) is 0 Å². The van der Waals surface area contributed by atoms with Crippen molar-refractivity contribution in [3.8, 4) is 0 Å². The van der Waals surface area contributed by atoms with E-state index in [1.54, 1.807) is 0 Å². The largest absolute Gasteiger partial charge is 0.416 e. The van der Waals surface area contributed by atoms with Crippen LogP contribution in [0.2, 0.25) is 0 Å². The second-order valence-corrected chi connectivity index (χ2v) is 5.79. The molecule has 1 aliphatic rings. The van der Waals surface area contributed by atoms with E-state index in [2.05, 4.69) is 10.6 Å². The van der Waals surface area contributed by atoms with E-state index < -0.39 is 17.8 Å². The van der Waals surface area contributed by atoms with Gasteiger partial charge in [0.15, 0.2) is 5.11 Å². The molecular weight excluding hydrogens is 303 g/mol. The summed E-state index contributed by atoms with van der Waals surface area (Å²) in [5.74, 6) is 0. The van der Waals surface area contributed by atoms with Crippen LogP contribution in [-0.2, 0) is 6.18 Å². The smallest absolute Gasteiger partial charge is 0.355 e. The molecule has 21 heavy (non-hydrogen) atoms. The number of anilines is 1. The first-order chi connectivity index (χ1) is 9.58. The Morgan fingerprint density at radius 2 is 1.90 bits per heavy atom. The van der Waals surface area contributed by atoms with Gasteiger partial charge in [0.2, 0.25) is 0 Å². The Morgan fingerprint density at radius 3 is 2.33 bits per heavy atom. The second-order valence-electron chi connectivity index (χ2n) is 5.41. The zero-order valence-electron chi connectivity index (χ0n) is 11.4. The van der Waals surface area contributed by atoms with Crippen LogP contribution in [0, 0.1) is 0 Å². The Hall–Kier alpha value is -1.83. The summed E-state index contributed by atoms with van der Waals surface area (Å²) in [4.78, 5) is 13.4. The minimum Gasteiger partial charge on any atom is -0.355 e. The topological polar surface area (TPSA) is 44.4 Å². The Labute approximate surface area is 125 Å². The van der Waals surface area contributed by atoms with Gasteiger partial charge in [0, 0.05) is 5.69 Å². The molecule has 2 amide bonds. The van der Waals surface area contributed by atoms with Crippen molar-refractivity contribution in [2.24, 2.45) is 0 Å². The molecule has 1 aromatic carbocycles. The Balaban J connectivity index is 2.05. The molecule has 0 atom stereocenters. The number of hydrogen-bond acceptors (Lipinski definition) is 2. The lowest BCUT2D eigenvalue weighted by molar-refractivity contribution is -0.137. The van der Waals surface area contributed by atoms with Gasteiger partial charge in [0.1, 0.15) is 0 Å². The Kier molecular flexibility index (Phi) is 3.83. The molecule has 4 nitrogen and oxygen atoms in total. The van der Waals surface area contributed by atoms with Gasteiger partial charge in [-0.05, 0) is 50.3 Å². The van der Waals surface area contributed by atoms with Crippen LogP contribution in [0.25, 0.3) is 0 Å². The lowest BCUT2D eigenvalue weighted by Crippen LogP contribution is -2.37. The molecule has 8 heteroatoms. The average molecular weight is 317 g/mol. The van der Waals surface area contributed by atoms with Crippen LogP contribution in [0.3, 0.4) is 0 Å². The van der Waals surface area contributed by atoms with Gasteiger partial charge in [-0.1, -0.05) is 0 Å². The van der Waals surface area contributed by atoms with Crippen molar-refractivity contribution in [1.82, 2.24) is 10.2 Å². The molecule has 0 aliphatic carbocycles. The molecule has 0 saturated carbocycles. The molecule has 1 heterocycles. The molecule has 114 valence electrons. The van der Waals surface area contributed by atoms with Gasteiger partial charge in [0.05, 0.1) is 17.6 Å². The summed E-state index contributed by atoms with van der Waals surface area (Å²) in [6, 6.07) is 3.77. The second kappa shape index (κ2) is 5.18. The molecule has 1 saturated heterocycles. The number of thiocarbonyl (C=S) groups is 1. The summed E-state index contributed by atoms with van der Waals surface area (Å²) < 4.78 is 37.3. The van der Waals surface area contributed by atoms with Crippen LogP contribution < -0.4 is 10.6 Å². The third-order valence-electron chi connectivity index (χ3n) is 2.95. The van der Waals surface area contributed by atoms with Crippen molar-refractivity contribution in [2.75, 3.05) is 11.9 Å². The number of carbonyl (C=O) groups excluding carboxylic acids is 1. The van der Waals surface area contributed by atoms with Gasteiger partial charge < -0.3 is 10.6 Å². The van der Waals surface area contributed by atoms with E-state index in [0.29, 0.717) is 11.7 Å². The van der Waals surface area contributed by atoms with Crippen molar-refractivity contribution in [2.45, 2.75) is 25.6 Å². The molecule has 0 spiro atoms. The molecule has 1 aliphatic heterocycles.